The maximum Gasteiger partial charge on any atom is 0.240 e. The quantitative estimate of drug-likeness (QED) is 0.794. The molecule has 1 aliphatic carbocycles. The highest BCUT2D eigenvalue weighted by Crippen LogP contribution is 2.30. The van der Waals surface area contributed by atoms with Gasteiger partial charge < -0.3 is 5.32 Å². The molecule has 20 heavy (non-hydrogen) atoms. The van der Waals surface area contributed by atoms with Crippen LogP contribution in [0.1, 0.15) is 33.6 Å². The van der Waals surface area contributed by atoms with Gasteiger partial charge in [0.05, 0.1) is 10.8 Å². The van der Waals surface area contributed by atoms with Gasteiger partial charge in [0.1, 0.15) is 6.54 Å². The number of carbonyl (C=O) groups excluding carboxylic acids is 3. The van der Waals surface area contributed by atoms with E-state index < -0.39 is 5.41 Å². The molecule has 5 nitrogen and oxygen atoms in total. The molecule has 2 aliphatic rings. The van der Waals surface area contributed by atoms with Crippen molar-refractivity contribution in [1.29, 1.82) is 0 Å². The largest absolute Gasteiger partial charge is 0.352 e. The van der Waals surface area contributed by atoms with Crippen molar-refractivity contribution in [3.63, 3.8) is 0 Å². The molecule has 0 radical (unpaired) electrons. The van der Waals surface area contributed by atoms with Gasteiger partial charge in [-0.15, -0.1) is 0 Å². The lowest BCUT2D eigenvalue weighted by Gasteiger charge is -2.19. The molecule has 2 rings (SSSR count). The summed E-state index contributed by atoms with van der Waals surface area (Å²) in [5, 5.41) is 3.44. The maximum atomic E-state index is 12.0. The van der Waals surface area contributed by atoms with Gasteiger partial charge in [-0.2, -0.15) is 0 Å². The van der Waals surface area contributed by atoms with Crippen molar-refractivity contribution in [3.8, 4) is 0 Å². The number of thioether (sulfide) groups is 1. The second-order valence-corrected chi connectivity index (χ2v) is 7.20. The molecule has 1 saturated heterocycles. The lowest BCUT2D eigenvalue weighted by molar-refractivity contribution is -0.131. The summed E-state index contributed by atoms with van der Waals surface area (Å²) >= 11 is 1.32. The Hall–Kier alpha value is -1.30. The first-order valence-corrected chi connectivity index (χ1v) is 7.74. The van der Waals surface area contributed by atoms with Gasteiger partial charge in [-0.1, -0.05) is 32.5 Å². The van der Waals surface area contributed by atoms with E-state index in [1.54, 1.807) is 0 Å². The Kier molecular flexibility index (Phi) is 4.22. The molecule has 1 heterocycles. The standard InChI is InChI=1S/C14H20N2O3S/c1-14(2,3)10(17)6-13-16(12(19)8-20-13)7-11(18)15-9-4-5-9/h6,9H,4-5,7-8H2,1-3H3,(H,15,18). The summed E-state index contributed by atoms with van der Waals surface area (Å²) in [7, 11) is 0. The zero-order valence-corrected chi connectivity index (χ0v) is 12.9. The lowest BCUT2D eigenvalue weighted by atomic mass is 9.91. The van der Waals surface area contributed by atoms with Gasteiger partial charge in [0.2, 0.25) is 11.8 Å². The van der Waals surface area contributed by atoms with Crippen molar-refractivity contribution in [3.05, 3.63) is 11.1 Å². The smallest absolute Gasteiger partial charge is 0.240 e. The third-order valence-electron chi connectivity index (χ3n) is 3.15. The molecular weight excluding hydrogens is 276 g/mol. The van der Waals surface area contributed by atoms with Crippen molar-refractivity contribution in [2.24, 2.45) is 5.41 Å². The van der Waals surface area contributed by atoms with Crippen molar-refractivity contribution < 1.29 is 14.4 Å². The van der Waals surface area contributed by atoms with Gasteiger partial charge in [0.25, 0.3) is 0 Å². The Morgan fingerprint density at radius 2 is 2.05 bits per heavy atom. The van der Waals surface area contributed by atoms with Crippen molar-refractivity contribution in [2.75, 3.05) is 12.3 Å². The summed E-state index contributed by atoms with van der Waals surface area (Å²) in [5.41, 5.74) is -0.485. The number of carbonyl (C=O) groups is 3. The number of hydrogen-bond acceptors (Lipinski definition) is 4. The van der Waals surface area contributed by atoms with E-state index in [1.807, 2.05) is 20.8 Å². The SMILES string of the molecule is CC(C)(C)C(=O)C=C1SCC(=O)N1CC(=O)NC1CC1. The van der Waals surface area contributed by atoms with Crippen LogP contribution in [0.15, 0.2) is 11.1 Å². The maximum absolute atomic E-state index is 12.0. The molecular formula is C14H20N2O3S. The molecule has 0 aromatic rings. The fourth-order valence-corrected chi connectivity index (χ4v) is 2.61. The van der Waals surface area contributed by atoms with Crippen LogP contribution in [0.25, 0.3) is 0 Å². The third-order valence-corrected chi connectivity index (χ3v) is 4.17. The van der Waals surface area contributed by atoms with Crippen LogP contribution in [0.3, 0.4) is 0 Å². The molecule has 1 N–H and O–H groups in total. The predicted octanol–water partition coefficient (Wildman–Crippen LogP) is 1.30. The van der Waals surface area contributed by atoms with E-state index in [-0.39, 0.29) is 30.2 Å². The molecule has 1 saturated carbocycles. The number of amides is 2. The van der Waals surface area contributed by atoms with Gasteiger partial charge in [0, 0.05) is 17.5 Å². The topological polar surface area (TPSA) is 66.5 Å². The van der Waals surface area contributed by atoms with Crippen LogP contribution in [0.2, 0.25) is 0 Å². The number of hydrogen-bond donors (Lipinski definition) is 1. The first kappa shape index (κ1) is 15.1. The first-order chi connectivity index (χ1) is 9.27. The summed E-state index contributed by atoms with van der Waals surface area (Å²) < 4.78 is 0. The van der Waals surface area contributed by atoms with E-state index in [0.29, 0.717) is 10.8 Å². The van der Waals surface area contributed by atoms with E-state index in [4.69, 9.17) is 0 Å². The molecule has 1 aliphatic heterocycles. The van der Waals surface area contributed by atoms with Gasteiger partial charge in [-0.05, 0) is 12.8 Å². The fourth-order valence-electron chi connectivity index (χ4n) is 1.67. The Morgan fingerprint density at radius 1 is 1.40 bits per heavy atom. The monoisotopic (exact) mass is 296 g/mol. The van der Waals surface area contributed by atoms with Crippen LogP contribution in [0.4, 0.5) is 0 Å². The lowest BCUT2D eigenvalue weighted by Crippen LogP contribution is -2.38. The molecule has 0 spiro atoms. The molecule has 0 aromatic heterocycles. The minimum atomic E-state index is -0.485. The van der Waals surface area contributed by atoms with Crippen LogP contribution in [-0.4, -0.2) is 40.8 Å². The summed E-state index contributed by atoms with van der Waals surface area (Å²) in [5.74, 6) is -0.0198. The highest BCUT2D eigenvalue weighted by atomic mass is 32.2. The van der Waals surface area contributed by atoms with Crippen molar-refractivity contribution >= 4 is 29.4 Å². The van der Waals surface area contributed by atoms with Gasteiger partial charge >= 0.3 is 0 Å². The summed E-state index contributed by atoms with van der Waals surface area (Å²) in [6.45, 7) is 5.50. The second-order valence-electron chi connectivity index (χ2n) is 6.21. The minimum absolute atomic E-state index is 0.00555. The molecule has 0 unspecified atom stereocenters. The Bertz CT molecular complexity index is 475. The highest BCUT2D eigenvalue weighted by Gasteiger charge is 2.32. The highest BCUT2D eigenvalue weighted by molar-refractivity contribution is 8.04. The Balaban J connectivity index is 2.03. The molecule has 0 aromatic carbocycles. The summed E-state index contributed by atoms with van der Waals surface area (Å²) in [4.78, 5) is 37.0. The fraction of sp³-hybridized carbons (Fsp3) is 0.643. The summed E-state index contributed by atoms with van der Waals surface area (Å²) in [6, 6.07) is 0.275. The molecule has 2 fully saturated rings. The third kappa shape index (κ3) is 3.85. The number of nitrogens with zero attached hydrogens (tertiary/aromatic N) is 1. The zero-order chi connectivity index (χ0) is 14.9. The molecule has 110 valence electrons. The second kappa shape index (κ2) is 5.60. The summed E-state index contributed by atoms with van der Waals surface area (Å²) in [6.07, 6.45) is 3.51. The van der Waals surface area contributed by atoms with Crippen LogP contribution in [0.5, 0.6) is 0 Å². The molecule has 0 atom stereocenters. The van der Waals surface area contributed by atoms with E-state index in [0.717, 1.165) is 12.8 Å². The van der Waals surface area contributed by atoms with E-state index in [1.165, 1.54) is 22.7 Å². The molecule has 6 heteroatoms. The van der Waals surface area contributed by atoms with E-state index in [9.17, 15) is 14.4 Å². The predicted molar refractivity (Wildman–Crippen MR) is 77.9 cm³/mol. The van der Waals surface area contributed by atoms with Crippen LogP contribution >= 0.6 is 11.8 Å². The average Bonchev–Trinajstić information content (AvgIpc) is 3.07. The van der Waals surface area contributed by atoms with Gasteiger partial charge in [0.15, 0.2) is 5.78 Å². The number of rotatable bonds is 4. The number of nitrogens with one attached hydrogen (secondary N) is 1. The molecule has 0 bridgehead atoms. The van der Waals surface area contributed by atoms with Crippen LogP contribution in [0, 0.1) is 5.41 Å². The average molecular weight is 296 g/mol. The Labute approximate surface area is 123 Å². The van der Waals surface area contributed by atoms with Crippen molar-refractivity contribution in [1.82, 2.24) is 10.2 Å². The Morgan fingerprint density at radius 3 is 2.60 bits per heavy atom. The van der Waals surface area contributed by atoms with Gasteiger partial charge in [-0.3, -0.25) is 19.3 Å². The van der Waals surface area contributed by atoms with E-state index >= 15 is 0 Å². The zero-order valence-electron chi connectivity index (χ0n) is 12.1. The normalized spacial score (nSPS) is 21.4. The van der Waals surface area contributed by atoms with Crippen molar-refractivity contribution in [2.45, 2.75) is 39.7 Å². The van der Waals surface area contributed by atoms with Gasteiger partial charge in [-0.25, -0.2) is 0 Å². The minimum Gasteiger partial charge on any atom is -0.352 e. The first-order valence-electron chi connectivity index (χ1n) is 6.76. The van der Waals surface area contributed by atoms with Crippen LogP contribution in [-0.2, 0) is 14.4 Å². The van der Waals surface area contributed by atoms with E-state index in [2.05, 4.69) is 5.32 Å². The number of allylic oxidation sites excluding steroid dienone is 1. The molecule has 2 amide bonds. The number of ketones is 1. The van der Waals surface area contributed by atoms with Crippen LogP contribution < -0.4 is 5.32 Å².